The van der Waals surface area contributed by atoms with E-state index in [4.69, 9.17) is 5.11 Å². The second-order valence-electron chi connectivity index (χ2n) is 5.09. The molecule has 3 aromatic rings. The Kier molecular flexibility index (Phi) is 4.13. The van der Waals surface area contributed by atoms with Crippen LogP contribution in [-0.2, 0) is 13.0 Å². The third-order valence-corrected chi connectivity index (χ3v) is 3.68. The van der Waals surface area contributed by atoms with E-state index in [0.717, 1.165) is 47.1 Å². The zero-order chi connectivity index (χ0) is 14.7. The van der Waals surface area contributed by atoms with E-state index in [1.165, 1.54) is 0 Å². The van der Waals surface area contributed by atoms with E-state index in [1.54, 1.807) is 6.20 Å². The summed E-state index contributed by atoms with van der Waals surface area (Å²) in [6.45, 7) is 1.07. The number of hydrogen-bond acceptors (Lipinski definition) is 4. The smallest absolute Gasteiger partial charge is 0.112 e. The first-order chi connectivity index (χ1) is 10.3. The number of benzene rings is 1. The Morgan fingerprint density at radius 2 is 1.86 bits per heavy atom. The lowest BCUT2D eigenvalue weighted by molar-refractivity contribution is 0.279. The molecule has 5 heteroatoms. The second kappa shape index (κ2) is 6.20. The quantitative estimate of drug-likeness (QED) is 0.678. The number of unbranched alkanes of at least 4 members (excludes halogenated alkanes) is 1. The molecule has 0 atom stereocenters. The normalized spacial score (nSPS) is 11.5. The molecule has 3 rings (SSSR count). The lowest BCUT2D eigenvalue weighted by atomic mass is 10.2. The maximum Gasteiger partial charge on any atom is 0.112 e. The number of pyridine rings is 1. The Morgan fingerprint density at radius 1 is 1.00 bits per heavy atom. The number of rotatable bonds is 6. The van der Waals surface area contributed by atoms with Gasteiger partial charge in [0.15, 0.2) is 0 Å². The van der Waals surface area contributed by atoms with Crippen molar-refractivity contribution < 1.29 is 10.2 Å². The lowest BCUT2D eigenvalue weighted by Gasteiger charge is -2.09. The number of aliphatic hydroxyl groups excluding tert-OH is 2. The summed E-state index contributed by atoms with van der Waals surface area (Å²) in [4.78, 5) is 9.05. The number of nitrogens with zero attached hydrogens (tertiary/aromatic N) is 3. The predicted octanol–water partition coefficient (Wildman–Crippen LogP) is 1.89. The van der Waals surface area contributed by atoms with Gasteiger partial charge in [-0.2, -0.15) is 0 Å². The van der Waals surface area contributed by atoms with Crippen molar-refractivity contribution in [1.29, 1.82) is 0 Å². The summed E-state index contributed by atoms with van der Waals surface area (Å²) in [7, 11) is 0. The first-order valence-corrected chi connectivity index (χ1v) is 7.29. The molecule has 0 radical (unpaired) electrons. The molecule has 110 valence electrons. The van der Waals surface area contributed by atoms with Gasteiger partial charge in [0.1, 0.15) is 11.3 Å². The number of hydrogen-bond donors (Lipinski definition) is 2. The van der Waals surface area contributed by atoms with Crippen molar-refractivity contribution in [3.8, 4) is 0 Å². The van der Waals surface area contributed by atoms with Crippen molar-refractivity contribution in [2.45, 2.75) is 25.8 Å². The highest BCUT2D eigenvalue weighted by Crippen LogP contribution is 2.25. The summed E-state index contributed by atoms with van der Waals surface area (Å²) in [6.07, 6.45) is 3.97. The molecular formula is C16H19N3O2. The van der Waals surface area contributed by atoms with Crippen LogP contribution in [0.25, 0.3) is 21.9 Å². The van der Waals surface area contributed by atoms with Crippen LogP contribution in [0.4, 0.5) is 0 Å². The van der Waals surface area contributed by atoms with Crippen molar-refractivity contribution in [2.75, 3.05) is 13.2 Å². The highest BCUT2D eigenvalue weighted by molar-refractivity contribution is 6.02. The third kappa shape index (κ3) is 2.62. The Bertz CT molecular complexity index is 752. The van der Waals surface area contributed by atoms with E-state index < -0.39 is 0 Å². The van der Waals surface area contributed by atoms with Crippen LogP contribution < -0.4 is 0 Å². The molecule has 0 unspecified atom stereocenters. The molecule has 2 N–H and O–H groups in total. The first kappa shape index (κ1) is 14.0. The number of para-hydroxylation sites is 1. The molecule has 0 saturated heterocycles. The topological polar surface area (TPSA) is 71.2 Å². The molecule has 21 heavy (non-hydrogen) atoms. The summed E-state index contributed by atoms with van der Waals surface area (Å²) in [5.74, 6) is 0.878. The van der Waals surface area contributed by atoms with Gasteiger partial charge >= 0.3 is 0 Å². The van der Waals surface area contributed by atoms with Crippen molar-refractivity contribution in [3.05, 3.63) is 36.3 Å². The molecule has 0 aliphatic rings. The van der Waals surface area contributed by atoms with Gasteiger partial charge in [-0.05, 0) is 18.9 Å². The zero-order valence-corrected chi connectivity index (χ0v) is 11.9. The van der Waals surface area contributed by atoms with Crippen molar-refractivity contribution in [2.24, 2.45) is 0 Å². The minimum atomic E-state index is 0.0781. The van der Waals surface area contributed by atoms with Gasteiger partial charge in [-0.1, -0.05) is 18.2 Å². The SMILES string of the molecule is OCCCCn1c(CCO)nc2cnc3ccccc3c21. The van der Waals surface area contributed by atoms with E-state index in [0.29, 0.717) is 6.42 Å². The summed E-state index contributed by atoms with van der Waals surface area (Å²) in [5.41, 5.74) is 2.88. The highest BCUT2D eigenvalue weighted by atomic mass is 16.3. The molecule has 1 aromatic carbocycles. The van der Waals surface area contributed by atoms with Gasteiger partial charge in [0.25, 0.3) is 0 Å². The van der Waals surface area contributed by atoms with Gasteiger partial charge in [-0.3, -0.25) is 4.98 Å². The highest BCUT2D eigenvalue weighted by Gasteiger charge is 2.13. The lowest BCUT2D eigenvalue weighted by Crippen LogP contribution is -2.07. The molecule has 0 saturated carbocycles. The van der Waals surface area contributed by atoms with E-state index >= 15 is 0 Å². The number of fused-ring (bicyclic) bond motifs is 3. The van der Waals surface area contributed by atoms with E-state index in [-0.39, 0.29) is 13.2 Å². The Labute approximate surface area is 122 Å². The average Bonchev–Trinajstić information content (AvgIpc) is 2.86. The number of aryl methyl sites for hydroxylation is 1. The predicted molar refractivity (Wildman–Crippen MR) is 82.1 cm³/mol. The van der Waals surface area contributed by atoms with Gasteiger partial charge in [0.2, 0.25) is 0 Å². The monoisotopic (exact) mass is 285 g/mol. The average molecular weight is 285 g/mol. The largest absolute Gasteiger partial charge is 0.396 e. The summed E-state index contributed by atoms with van der Waals surface area (Å²) in [5, 5.41) is 19.3. The summed E-state index contributed by atoms with van der Waals surface area (Å²) >= 11 is 0. The molecule has 0 fully saturated rings. The molecule has 0 bridgehead atoms. The van der Waals surface area contributed by atoms with Crippen molar-refractivity contribution in [1.82, 2.24) is 14.5 Å². The molecule has 0 aliphatic heterocycles. The molecule has 0 spiro atoms. The summed E-state index contributed by atoms with van der Waals surface area (Å²) in [6, 6.07) is 8.02. The number of imidazole rings is 1. The zero-order valence-electron chi connectivity index (χ0n) is 11.9. The third-order valence-electron chi connectivity index (χ3n) is 3.68. The van der Waals surface area contributed by atoms with E-state index in [9.17, 15) is 5.11 Å². The van der Waals surface area contributed by atoms with Crippen LogP contribution in [0, 0.1) is 0 Å². The first-order valence-electron chi connectivity index (χ1n) is 7.29. The van der Waals surface area contributed by atoms with Crippen LogP contribution in [0.2, 0.25) is 0 Å². The second-order valence-corrected chi connectivity index (χ2v) is 5.09. The van der Waals surface area contributed by atoms with E-state index in [1.807, 2.05) is 18.2 Å². The van der Waals surface area contributed by atoms with Crippen molar-refractivity contribution >= 4 is 21.9 Å². The van der Waals surface area contributed by atoms with Crippen LogP contribution in [0.15, 0.2) is 30.5 Å². The molecule has 2 aromatic heterocycles. The standard InChI is InChI=1S/C16H19N3O2/c20-9-4-3-8-19-15(7-10-21)18-14-11-17-13-6-2-1-5-12(13)16(14)19/h1-2,5-6,11,20-21H,3-4,7-10H2. The molecule has 5 nitrogen and oxygen atoms in total. The fraction of sp³-hybridized carbons (Fsp3) is 0.375. The Balaban J connectivity index is 2.17. The number of aliphatic hydroxyl groups is 2. The van der Waals surface area contributed by atoms with E-state index in [2.05, 4.69) is 20.6 Å². The van der Waals surface area contributed by atoms with Crippen LogP contribution >= 0.6 is 0 Å². The summed E-state index contributed by atoms with van der Waals surface area (Å²) < 4.78 is 2.16. The van der Waals surface area contributed by atoms with Gasteiger partial charge in [-0.25, -0.2) is 4.98 Å². The van der Waals surface area contributed by atoms with Gasteiger partial charge < -0.3 is 14.8 Å². The Hall–Kier alpha value is -1.98. The molecule has 0 aliphatic carbocycles. The van der Waals surface area contributed by atoms with Gasteiger partial charge in [0, 0.05) is 25.0 Å². The van der Waals surface area contributed by atoms with Crippen LogP contribution in [0.3, 0.4) is 0 Å². The maximum atomic E-state index is 9.25. The van der Waals surface area contributed by atoms with Gasteiger partial charge in [0.05, 0.1) is 23.8 Å². The molecular weight excluding hydrogens is 266 g/mol. The Morgan fingerprint density at radius 3 is 2.67 bits per heavy atom. The molecule has 0 amide bonds. The fourth-order valence-electron chi connectivity index (χ4n) is 2.72. The maximum absolute atomic E-state index is 9.25. The van der Waals surface area contributed by atoms with Crippen LogP contribution in [0.5, 0.6) is 0 Å². The van der Waals surface area contributed by atoms with Crippen LogP contribution in [-0.4, -0.2) is 38.0 Å². The van der Waals surface area contributed by atoms with Gasteiger partial charge in [-0.15, -0.1) is 0 Å². The number of aromatic nitrogens is 3. The molecule has 2 heterocycles. The minimum absolute atomic E-state index is 0.0781. The minimum Gasteiger partial charge on any atom is -0.396 e. The van der Waals surface area contributed by atoms with Crippen LogP contribution in [0.1, 0.15) is 18.7 Å². The fourth-order valence-corrected chi connectivity index (χ4v) is 2.72. The van der Waals surface area contributed by atoms with Crippen molar-refractivity contribution in [3.63, 3.8) is 0 Å².